The van der Waals surface area contributed by atoms with Crippen molar-refractivity contribution >= 4 is 12.0 Å². The predicted octanol–water partition coefficient (Wildman–Crippen LogP) is -3.11. The number of rotatable bonds is 11. The number of benzene rings is 1. The van der Waals surface area contributed by atoms with Crippen LogP contribution < -0.4 is 14.2 Å². The van der Waals surface area contributed by atoms with Crippen LogP contribution in [-0.4, -0.2) is 138 Å². The number of hydrogen-bond acceptors (Lipinski definition) is 15. The quantitative estimate of drug-likeness (QED) is 0.105. The molecule has 0 amide bonds. The zero-order chi connectivity index (χ0) is 28.9. The highest BCUT2D eigenvalue weighted by molar-refractivity contribution is 5.87. The zero-order valence-electron chi connectivity index (χ0n) is 21.4. The van der Waals surface area contributed by atoms with Gasteiger partial charge in [0.25, 0.3) is 0 Å². The fraction of sp³-hybridized carbons (Fsp3) is 0.625. The Kier molecular flexibility index (Phi) is 10.5. The largest absolute Gasteiger partial charge is 0.493 e. The average molecular weight is 563 g/mol. The smallest absolute Gasteiger partial charge is 0.330 e. The van der Waals surface area contributed by atoms with Gasteiger partial charge in [-0.1, -0.05) is 0 Å². The Morgan fingerprint density at radius 3 is 2.08 bits per heavy atom. The Bertz CT molecular complexity index is 977. The van der Waals surface area contributed by atoms with Gasteiger partial charge in [-0.3, -0.25) is 0 Å². The Morgan fingerprint density at radius 1 is 0.923 bits per heavy atom. The first-order chi connectivity index (χ1) is 18.5. The van der Waals surface area contributed by atoms with Crippen LogP contribution in [0.5, 0.6) is 17.2 Å². The van der Waals surface area contributed by atoms with E-state index in [4.69, 9.17) is 33.2 Å². The summed E-state index contributed by atoms with van der Waals surface area (Å²) in [4.78, 5) is 12.3. The molecule has 2 aliphatic rings. The maximum atomic E-state index is 12.3. The molecule has 2 aliphatic heterocycles. The molecule has 0 saturated carbocycles. The molecule has 1 aromatic carbocycles. The number of methoxy groups -OCH3 is 3. The first-order valence-electron chi connectivity index (χ1n) is 11.8. The second kappa shape index (κ2) is 13.2. The molecule has 0 spiro atoms. The van der Waals surface area contributed by atoms with Crippen molar-refractivity contribution in [3.05, 3.63) is 23.8 Å². The maximum Gasteiger partial charge on any atom is 0.330 e. The summed E-state index contributed by atoms with van der Waals surface area (Å²) in [5, 5.41) is 70.4. The van der Waals surface area contributed by atoms with E-state index in [1.54, 1.807) is 12.1 Å². The van der Waals surface area contributed by atoms with E-state index in [-0.39, 0.29) is 0 Å². The zero-order valence-corrected chi connectivity index (χ0v) is 21.4. The van der Waals surface area contributed by atoms with Crippen LogP contribution in [0.25, 0.3) is 6.08 Å². The Morgan fingerprint density at radius 2 is 1.56 bits per heavy atom. The van der Waals surface area contributed by atoms with E-state index in [9.17, 15) is 40.5 Å². The molecule has 0 unspecified atom stereocenters. The molecule has 0 aromatic heterocycles. The van der Waals surface area contributed by atoms with E-state index in [1.807, 2.05) is 0 Å². The van der Waals surface area contributed by atoms with Crippen molar-refractivity contribution in [1.29, 1.82) is 0 Å². The lowest BCUT2D eigenvalue weighted by atomic mass is 9.99. The molecule has 2 heterocycles. The van der Waals surface area contributed by atoms with Gasteiger partial charge in [-0.15, -0.1) is 0 Å². The van der Waals surface area contributed by atoms with Gasteiger partial charge in [-0.25, -0.2) is 4.79 Å². The minimum Gasteiger partial charge on any atom is -0.493 e. The third kappa shape index (κ3) is 6.44. The normalized spacial score (nSPS) is 34.7. The maximum absolute atomic E-state index is 12.3. The van der Waals surface area contributed by atoms with Crippen LogP contribution in [0.2, 0.25) is 0 Å². The summed E-state index contributed by atoms with van der Waals surface area (Å²) in [6.45, 7) is -2.35. The molecule has 1 aromatic rings. The van der Waals surface area contributed by atoms with E-state index in [1.165, 1.54) is 27.4 Å². The molecule has 2 saturated heterocycles. The summed E-state index contributed by atoms with van der Waals surface area (Å²) in [5.74, 6) is -2.10. The summed E-state index contributed by atoms with van der Waals surface area (Å²) < 4.78 is 37.0. The van der Waals surface area contributed by atoms with Crippen LogP contribution in [0, 0.1) is 0 Å². The van der Waals surface area contributed by atoms with Crippen LogP contribution in [-0.2, 0) is 23.7 Å². The Hall–Kier alpha value is -2.57. The van der Waals surface area contributed by atoms with E-state index >= 15 is 0 Å². The van der Waals surface area contributed by atoms with Crippen molar-refractivity contribution in [2.24, 2.45) is 0 Å². The molecule has 39 heavy (non-hydrogen) atoms. The number of aliphatic hydroxyl groups is 7. The van der Waals surface area contributed by atoms with Gasteiger partial charge in [0.15, 0.2) is 17.8 Å². The lowest BCUT2D eigenvalue weighted by Crippen LogP contribution is -2.62. The summed E-state index contributed by atoms with van der Waals surface area (Å²) in [7, 11) is 4.32. The van der Waals surface area contributed by atoms with Crippen molar-refractivity contribution < 1.29 is 73.7 Å². The molecule has 2 fully saturated rings. The van der Waals surface area contributed by atoms with Gasteiger partial charge in [-0.2, -0.15) is 0 Å². The van der Waals surface area contributed by atoms with Crippen LogP contribution in [0.3, 0.4) is 0 Å². The van der Waals surface area contributed by atoms with Crippen molar-refractivity contribution in [2.45, 2.75) is 54.8 Å². The summed E-state index contributed by atoms with van der Waals surface area (Å²) in [6, 6.07) is 3.18. The number of ether oxygens (including phenoxy) is 7. The highest BCUT2D eigenvalue weighted by Gasteiger charge is 2.58. The van der Waals surface area contributed by atoms with Gasteiger partial charge in [0.2, 0.25) is 11.5 Å². The summed E-state index contributed by atoms with van der Waals surface area (Å²) in [5.41, 5.74) is 0.509. The minimum atomic E-state index is -2.33. The second-order valence-electron chi connectivity index (χ2n) is 8.80. The van der Waals surface area contributed by atoms with Gasteiger partial charge < -0.3 is 68.9 Å². The van der Waals surface area contributed by atoms with E-state index in [2.05, 4.69) is 0 Å². The van der Waals surface area contributed by atoms with Gasteiger partial charge in [-0.05, 0) is 23.8 Å². The molecule has 0 bridgehead atoms. The third-order valence-corrected chi connectivity index (χ3v) is 6.38. The van der Waals surface area contributed by atoms with E-state index < -0.39 is 80.6 Å². The van der Waals surface area contributed by atoms with Gasteiger partial charge in [0.1, 0.15) is 55.9 Å². The van der Waals surface area contributed by atoms with Crippen molar-refractivity contribution in [2.75, 3.05) is 41.2 Å². The molecule has 3 rings (SSSR count). The topological polar surface area (TPSA) is 223 Å². The van der Waals surface area contributed by atoms with E-state index in [0.717, 1.165) is 6.08 Å². The first kappa shape index (κ1) is 31.0. The highest BCUT2D eigenvalue weighted by atomic mass is 16.8. The number of hydrogen-bond donors (Lipinski definition) is 7. The number of carbonyl (C=O) groups is 1. The van der Waals surface area contributed by atoms with Crippen molar-refractivity contribution in [1.82, 2.24) is 0 Å². The van der Waals surface area contributed by atoms with Gasteiger partial charge in [0.05, 0.1) is 27.9 Å². The third-order valence-electron chi connectivity index (χ3n) is 6.38. The molecule has 0 radical (unpaired) electrons. The SMILES string of the molecule is COc1cc(/C=C/C(=O)OC[C@H]2O[C@H](O[C@]3(CO)O[C@H](CO)[C@@H](O)[C@@H]3O)[C@H](O)[C@@H](O)[C@@H]2O)cc(OC)c1OC. The molecule has 0 aliphatic carbocycles. The van der Waals surface area contributed by atoms with Crippen molar-refractivity contribution in [3.8, 4) is 17.2 Å². The molecular formula is C24H34O15. The molecule has 7 N–H and O–H groups in total. The molecular weight excluding hydrogens is 528 g/mol. The Balaban J connectivity index is 1.67. The first-order valence-corrected chi connectivity index (χ1v) is 11.8. The predicted molar refractivity (Wildman–Crippen MR) is 128 cm³/mol. The van der Waals surface area contributed by atoms with Crippen molar-refractivity contribution in [3.63, 3.8) is 0 Å². The minimum absolute atomic E-state index is 0.358. The van der Waals surface area contributed by atoms with Crippen LogP contribution in [0.1, 0.15) is 5.56 Å². The lowest BCUT2D eigenvalue weighted by molar-refractivity contribution is -0.383. The van der Waals surface area contributed by atoms with Gasteiger partial charge in [0, 0.05) is 6.08 Å². The lowest BCUT2D eigenvalue weighted by Gasteiger charge is -2.43. The highest BCUT2D eigenvalue weighted by Crippen LogP contribution is 2.39. The van der Waals surface area contributed by atoms with Crippen LogP contribution in [0.15, 0.2) is 18.2 Å². The molecule has 15 heteroatoms. The Labute approximate surface area is 223 Å². The fourth-order valence-corrected chi connectivity index (χ4v) is 4.19. The monoisotopic (exact) mass is 562 g/mol. The number of carbonyl (C=O) groups excluding carboxylic acids is 1. The second-order valence-corrected chi connectivity index (χ2v) is 8.80. The summed E-state index contributed by atoms with van der Waals surface area (Å²) >= 11 is 0. The molecule has 9 atom stereocenters. The summed E-state index contributed by atoms with van der Waals surface area (Å²) in [6.07, 6.45) is -11.0. The molecule has 220 valence electrons. The standard InChI is InChI=1S/C24H34O15/c1-33-12-6-11(7-13(34-2)21(12)35-3)4-5-16(27)36-9-15-17(28)19(30)20(31)23(37-15)39-24(10-26)22(32)18(29)14(8-25)38-24/h4-7,14-15,17-20,22-23,25-26,28-32H,8-10H2,1-3H3/b5-4+/t14-,15-,17-,18-,19+,20-,22+,23-,24+/m1/s1. The average Bonchev–Trinajstić information content (AvgIpc) is 3.19. The fourth-order valence-electron chi connectivity index (χ4n) is 4.19. The number of aliphatic hydroxyl groups excluding tert-OH is 7. The molecule has 15 nitrogen and oxygen atoms in total. The van der Waals surface area contributed by atoms with Gasteiger partial charge >= 0.3 is 5.97 Å². The van der Waals surface area contributed by atoms with E-state index in [0.29, 0.717) is 22.8 Å². The van der Waals surface area contributed by atoms with Crippen LogP contribution >= 0.6 is 0 Å². The number of esters is 1. The van der Waals surface area contributed by atoms with Crippen LogP contribution in [0.4, 0.5) is 0 Å².